The van der Waals surface area contributed by atoms with Crippen molar-refractivity contribution in [3.05, 3.63) is 175 Å². The summed E-state index contributed by atoms with van der Waals surface area (Å²) in [6, 6.07) is 54.9. The third-order valence-electron chi connectivity index (χ3n) is 10.7. The molecule has 3 nitrogen and oxygen atoms in total. The van der Waals surface area contributed by atoms with Crippen LogP contribution in [0.4, 0.5) is 0 Å². The van der Waals surface area contributed by atoms with E-state index in [1.807, 2.05) is 0 Å². The van der Waals surface area contributed by atoms with Crippen LogP contribution in [0.2, 0.25) is 0 Å². The predicted octanol–water partition coefficient (Wildman–Crippen LogP) is 13.2. The van der Waals surface area contributed by atoms with Crippen molar-refractivity contribution in [2.45, 2.75) is 12.8 Å². The van der Waals surface area contributed by atoms with Crippen LogP contribution in [0, 0.1) is 0 Å². The summed E-state index contributed by atoms with van der Waals surface area (Å²) in [5, 5.41) is 6.92. The zero-order valence-corrected chi connectivity index (χ0v) is 27.9. The van der Waals surface area contributed by atoms with Crippen LogP contribution < -0.4 is 0 Å². The number of rotatable bonds is 4. The minimum atomic E-state index is 0.926. The summed E-state index contributed by atoms with van der Waals surface area (Å²) < 4.78 is 12.0. The van der Waals surface area contributed by atoms with Crippen molar-refractivity contribution in [2.24, 2.45) is 0 Å². The first kappa shape index (κ1) is 28.3. The van der Waals surface area contributed by atoms with E-state index in [2.05, 4.69) is 179 Å². The molecule has 7 aromatic carbocycles. The molecule has 1 aliphatic carbocycles. The van der Waals surface area contributed by atoms with Crippen LogP contribution in [0.5, 0.6) is 0 Å². The van der Waals surface area contributed by atoms with Gasteiger partial charge in [0.15, 0.2) is 0 Å². The topological polar surface area (TPSA) is 23.0 Å². The van der Waals surface area contributed by atoms with Crippen LogP contribution in [0.15, 0.2) is 174 Å². The smallest absolute Gasteiger partial charge is 0.145 e. The lowest BCUT2D eigenvalue weighted by molar-refractivity contribution is 0.677. The molecule has 0 bridgehead atoms. The minimum Gasteiger partial charge on any atom is -0.455 e. The molecule has 240 valence electrons. The van der Waals surface area contributed by atoms with Gasteiger partial charge in [-0.3, -0.25) is 0 Å². The van der Waals surface area contributed by atoms with E-state index in [-0.39, 0.29) is 0 Å². The molecule has 0 atom stereocenters. The van der Waals surface area contributed by atoms with Crippen LogP contribution in [0.3, 0.4) is 0 Å². The van der Waals surface area contributed by atoms with Crippen molar-refractivity contribution in [3.63, 3.8) is 0 Å². The van der Waals surface area contributed by atoms with E-state index in [9.17, 15) is 0 Å². The molecule has 0 radical (unpaired) electrons. The normalized spacial score (nSPS) is 13.4. The molecule has 0 amide bonds. The van der Waals surface area contributed by atoms with Crippen LogP contribution in [0.25, 0.3) is 93.6 Å². The Hall–Kier alpha value is -6.58. The number of hydrogen-bond acceptors (Lipinski definition) is 1. The van der Waals surface area contributed by atoms with Crippen LogP contribution in [-0.2, 0) is 0 Å². The van der Waals surface area contributed by atoms with E-state index in [4.69, 9.17) is 4.42 Å². The number of furan rings is 1. The second kappa shape index (κ2) is 11.0. The molecule has 1 aliphatic rings. The lowest BCUT2D eigenvalue weighted by Crippen LogP contribution is -1.95. The second-order valence-electron chi connectivity index (χ2n) is 13.6. The third kappa shape index (κ3) is 4.18. The van der Waals surface area contributed by atoms with E-state index in [1.54, 1.807) is 0 Å². The van der Waals surface area contributed by atoms with Gasteiger partial charge in [-0.2, -0.15) is 0 Å². The summed E-state index contributed by atoms with van der Waals surface area (Å²) in [4.78, 5) is 0. The molecule has 0 saturated heterocycles. The first-order chi connectivity index (χ1) is 25.3. The average Bonchev–Trinajstić information content (AvgIpc) is 3.86. The van der Waals surface area contributed by atoms with Gasteiger partial charge in [-0.05, 0) is 102 Å². The fourth-order valence-electron chi connectivity index (χ4n) is 8.44. The molecule has 3 aromatic heterocycles. The molecule has 0 saturated carbocycles. The zero-order chi connectivity index (χ0) is 33.5. The molecule has 10 aromatic rings. The Bertz CT molecular complexity index is 3060. The largest absolute Gasteiger partial charge is 0.455 e. The van der Waals surface area contributed by atoms with Crippen molar-refractivity contribution < 1.29 is 4.42 Å². The molecule has 0 aliphatic heterocycles. The van der Waals surface area contributed by atoms with Gasteiger partial charge < -0.3 is 13.6 Å². The molecule has 0 fully saturated rings. The molecular weight excluding hydrogens is 621 g/mol. The van der Waals surface area contributed by atoms with Crippen molar-refractivity contribution in [1.82, 2.24) is 9.13 Å². The third-order valence-corrected chi connectivity index (χ3v) is 10.7. The number of nitrogens with zero attached hydrogens (tertiary/aromatic N) is 2. The highest BCUT2D eigenvalue weighted by Gasteiger charge is 2.23. The van der Waals surface area contributed by atoms with Gasteiger partial charge in [-0.25, -0.2) is 0 Å². The fourth-order valence-corrected chi connectivity index (χ4v) is 8.44. The van der Waals surface area contributed by atoms with Crippen molar-refractivity contribution in [3.8, 4) is 22.5 Å². The van der Waals surface area contributed by atoms with Gasteiger partial charge in [0.1, 0.15) is 11.2 Å². The number of aromatic nitrogens is 2. The van der Waals surface area contributed by atoms with E-state index in [0.29, 0.717) is 0 Å². The first-order valence-electron chi connectivity index (χ1n) is 17.8. The molecular formula is C48H32N2O. The monoisotopic (exact) mass is 652 g/mol. The quantitative estimate of drug-likeness (QED) is 0.186. The van der Waals surface area contributed by atoms with Crippen molar-refractivity contribution >= 4 is 71.1 Å². The maximum absolute atomic E-state index is 7.21. The predicted molar refractivity (Wildman–Crippen MR) is 214 cm³/mol. The van der Waals surface area contributed by atoms with Crippen LogP contribution in [-0.4, -0.2) is 9.13 Å². The van der Waals surface area contributed by atoms with Gasteiger partial charge in [0, 0.05) is 32.9 Å². The standard InChI is InChI=1S/C48H32N2O/c1-4-13-31(14-5-1)33-17-12-20-36(29-33)50-41-22-11-10-21-39(41)45-43(50)27-24-37-38-25-28-44-46(48(38)51-47(37)45)40-30-34(32-15-6-2-7-16-32)23-26-42(40)49(44)35-18-8-3-9-19-35/h2-4,6-30H,1,5H2. The molecule has 0 spiro atoms. The summed E-state index contributed by atoms with van der Waals surface area (Å²) in [6.45, 7) is 0. The highest BCUT2D eigenvalue weighted by Crippen LogP contribution is 2.45. The number of hydrogen-bond donors (Lipinski definition) is 0. The zero-order valence-electron chi connectivity index (χ0n) is 27.9. The Balaban J connectivity index is 1.23. The minimum absolute atomic E-state index is 0.926. The Kier molecular flexibility index (Phi) is 6.08. The second-order valence-corrected chi connectivity index (χ2v) is 13.6. The number of allylic oxidation sites excluding steroid dienone is 4. The van der Waals surface area contributed by atoms with Crippen molar-refractivity contribution in [2.75, 3.05) is 0 Å². The van der Waals surface area contributed by atoms with E-state index in [1.165, 1.54) is 38.6 Å². The van der Waals surface area contributed by atoms with E-state index in [0.717, 1.165) is 73.5 Å². The summed E-state index contributed by atoms with van der Waals surface area (Å²) in [6.07, 6.45) is 9.07. The molecule has 3 heteroatoms. The lowest BCUT2D eigenvalue weighted by Gasteiger charge is -2.12. The lowest BCUT2D eigenvalue weighted by atomic mass is 9.99. The molecule has 0 unspecified atom stereocenters. The summed E-state index contributed by atoms with van der Waals surface area (Å²) in [7, 11) is 0. The van der Waals surface area contributed by atoms with Crippen LogP contribution >= 0.6 is 0 Å². The summed E-state index contributed by atoms with van der Waals surface area (Å²) in [5.74, 6) is 0. The van der Waals surface area contributed by atoms with Crippen LogP contribution in [0.1, 0.15) is 18.4 Å². The number of para-hydroxylation sites is 2. The van der Waals surface area contributed by atoms with Gasteiger partial charge in [0.25, 0.3) is 0 Å². The molecule has 3 heterocycles. The molecule has 0 N–H and O–H groups in total. The maximum atomic E-state index is 7.21. The van der Waals surface area contributed by atoms with E-state index >= 15 is 0 Å². The van der Waals surface area contributed by atoms with Gasteiger partial charge in [0.2, 0.25) is 0 Å². The Labute approximate surface area is 294 Å². The molecule has 51 heavy (non-hydrogen) atoms. The van der Waals surface area contributed by atoms with Gasteiger partial charge >= 0.3 is 0 Å². The van der Waals surface area contributed by atoms with Gasteiger partial charge in [-0.15, -0.1) is 0 Å². The highest BCUT2D eigenvalue weighted by atomic mass is 16.3. The average molecular weight is 653 g/mol. The maximum Gasteiger partial charge on any atom is 0.145 e. The highest BCUT2D eigenvalue weighted by molar-refractivity contribution is 6.29. The van der Waals surface area contributed by atoms with Gasteiger partial charge in [-0.1, -0.05) is 103 Å². The number of benzene rings is 7. The summed E-state index contributed by atoms with van der Waals surface area (Å²) >= 11 is 0. The SMILES string of the molecule is C1=CC(c2cccc(-n3c4ccccc4c4c5oc6c(ccc7c6c6cc(-c8ccccc8)ccc6n7-c6ccccc6)c5ccc43)c2)=CCC1. The molecule has 11 rings (SSSR count). The van der Waals surface area contributed by atoms with E-state index < -0.39 is 0 Å². The van der Waals surface area contributed by atoms with Gasteiger partial charge in [0.05, 0.1) is 32.8 Å². The Morgan fingerprint density at radius 1 is 0.412 bits per heavy atom. The first-order valence-corrected chi connectivity index (χ1v) is 17.8. The number of fused-ring (bicyclic) bond motifs is 11. The Morgan fingerprint density at radius 3 is 1.80 bits per heavy atom. The summed E-state index contributed by atoms with van der Waals surface area (Å²) in [5.41, 5.74) is 13.7. The Morgan fingerprint density at radius 2 is 1.04 bits per heavy atom. The van der Waals surface area contributed by atoms with Crippen molar-refractivity contribution in [1.29, 1.82) is 0 Å². The fraction of sp³-hybridized carbons (Fsp3) is 0.0417.